The molecule has 0 aromatic heterocycles. The van der Waals surface area contributed by atoms with E-state index in [1.807, 2.05) is 18.2 Å². The Morgan fingerprint density at radius 1 is 0.351 bits per heavy atom. The van der Waals surface area contributed by atoms with Crippen molar-refractivity contribution in [2.45, 2.75) is 197 Å². The zero-order chi connectivity index (χ0) is 43.8. The van der Waals surface area contributed by atoms with Crippen molar-refractivity contribution in [2.24, 2.45) is 0 Å². The van der Waals surface area contributed by atoms with Crippen LogP contribution in [0.4, 0.5) is 0 Å². The molecule has 4 aromatic carbocycles. The Labute approximate surface area is 348 Å². The van der Waals surface area contributed by atoms with Crippen molar-refractivity contribution < 1.29 is 15.3 Å². The third-order valence-corrected chi connectivity index (χ3v) is 12.1. The van der Waals surface area contributed by atoms with Crippen LogP contribution in [0.25, 0.3) is 0 Å². The maximum absolute atomic E-state index is 12.6. The lowest BCUT2D eigenvalue weighted by molar-refractivity contribution is 0.403. The first-order chi connectivity index (χ1) is 25.6. The fourth-order valence-electron chi connectivity index (χ4n) is 9.85. The molecular formula is C54H78O3. The van der Waals surface area contributed by atoms with E-state index >= 15 is 0 Å². The molecule has 0 heterocycles. The van der Waals surface area contributed by atoms with E-state index in [9.17, 15) is 15.3 Å². The number of phenols is 3. The molecule has 312 valence electrons. The fourth-order valence-corrected chi connectivity index (χ4v) is 9.85. The average Bonchev–Trinajstić information content (AvgIpc) is 3.01. The summed E-state index contributed by atoms with van der Waals surface area (Å²) in [6.45, 7) is 47.7. The summed E-state index contributed by atoms with van der Waals surface area (Å²) in [5.41, 5.74) is 17.1. The molecule has 0 aliphatic carbocycles. The Kier molecular flexibility index (Phi) is 12.2. The second-order valence-corrected chi connectivity index (χ2v) is 23.3. The van der Waals surface area contributed by atoms with Gasteiger partial charge in [-0.05, 0) is 157 Å². The van der Waals surface area contributed by atoms with E-state index in [0.717, 1.165) is 41.5 Å². The zero-order valence-electron chi connectivity index (χ0n) is 39.9. The Morgan fingerprint density at radius 2 is 0.702 bits per heavy atom. The molecule has 3 heteroatoms. The molecule has 4 rings (SSSR count). The molecule has 0 saturated heterocycles. The Balaban J connectivity index is 2.25. The van der Waals surface area contributed by atoms with Crippen LogP contribution in [0.1, 0.15) is 208 Å². The summed E-state index contributed by atoms with van der Waals surface area (Å²) in [6, 6.07) is 11.7. The third kappa shape index (κ3) is 9.29. The molecule has 0 unspecified atom stereocenters. The second-order valence-electron chi connectivity index (χ2n) is 23.3. The van der Waals surface area contributed by atoms with Gasteiger partial charge in [0, 0.05) is 16.7 Å². The van der Waals surface area contributed by atoms with Crippen LogP contribution in [0, 0.1) is 20.8 Å². The number of hydrogen-bond donors (Lipinski definition) is 3. The van der Waals surface area contributed by atoms with Gasteiger partial charge < -0.3 is 15.3 Å². The van der Waals surface area contributed by atoms with Crippen LogP contribution in [0.5, 0.6) is 17.2 Å². The van der Waals surface area contributed by atoms with Gasteiger partial charge in [0.2, 0.25) is 0 Å². The van der Waals surface area contributed by atoms with Crippen molar-refractivity contribution in [2.75, 3.05) is 0 Å². The lowest BCUT2D eigenvalue weighted by atomic mass is 9.63. The van der Waals surface area contributed by atoms with E-state index in [0.29, 0.717) is 11.5 Å². The normalized spacial score (nSPS) is 13.4. The molecule has 0 aliphatic heterocycles. The van der Waals surface area contributed by atoms with Gasteiger partial charge in [-0.25, -0.2) is 0 Å². The maximum atomic E-state index is 12.6. The van der Waals surface area contributed by atoms with Crippen molar-refractivity contribution in [3.05, 3.63) is 120 Å². The van der Waals surface area contributed by atoms with Gasteiger partial charge >= 0.3 is 0 Å². The molecule has 0 bridgehead atoms. The summed E-state index contributed by atoms with van der Waals surface area (Å²) in [6.07, 6.45) is 2.24. The first-order valence-corrected chi connectivity index (χ1v) is 21.3. The lowest BCUT2D eigenvalue weighted by Gasteiger charge is -2.41. The van der Waals surface area contributed by atoms with Crippen molar-refractivity contribution in [1.82, 2.24) is 0 Å². The molecule has 3 nitrogen and oxygen atoms in total. The highest BCUT2D eigenvalue weighted by Crippen LogP contribution is 2.52. The topological polar surface area (TPSA) is 60.7 Å². The van der Waals surface area contributed by atoms with Gasteiger partial charge in [0.15, 0.2) is 0 Å². The minimum atomic E-state index is -0.294. The van der Waals surface area contributed by atoms with Crippen molar-refractivity contribution in [3.8, 4) is 17.2 Å². The van der Waals surface area contributed by atoms with Gasteiger partial charge in [0.25, 0.3) is 0 Å². The van der Waals surface area contributed by atoms with Crippen LogP contribution in [0.15, 0.2) is 36.4 Å². The summed E-state index contributed by atoms with van der Waals surface area (Å²) in [5.74, 6) is 1.09. The van der Waals surface area contributed by atoms with Crippen LogP contribution in [0.2, 0.25) is 0 Å². The standard InChI is InChI=1S/C54H78O3/c1-31-37(28-34-22-25-36(55)26-23-34)32(2)39(33(3)38(31)29-35-24-27-41(56)45(52(13,14)15)42(35)49(4,5)6)30-40-43(50(7,8)9)46(53(16,17)18)48(57)47(54(19,20)21)44(40)51(10,11)12/h22-27,55-57H,28-30H2,1-21H3. The largest absolute Gasteiger partial charge is 0.508 e. The van der Waals surface area contributed by atoms with Gasteiger partial charge in [0.05, 0.1) is 0 Å². The van der Waals surface area contributed by atoms with Gasteiger partial charge in [-0.15, -0.1) is 0 Å². The molecule has 0 aliphatic rings. The number of hydrogen-bond acceptors (Lipinski definition) is 3. The quantitative estimate of drug-likeness (QED) is 0.183. The first kappa shape index (κ1) is 46.0. The fraction of sp³-hybridized carbons (Fsp3) is 0.556. The van der Waals surface area contributed by atoms with Gasteiger partial charge in [-0.1, -0.05) is 143 Å². The van der Waals surface area contributed by atoms with E-state index in [-0.39, 0.29) is 38.2 Å². The van der Waals surface area contributed by atoms with E-state index in [1.54, 1.807) is 12.1 Å². The van der Waals surface area contributed by atoms with Crippen LogP contribution in [-0.2, 0) is 51.8 Å². The van der Waals surface area contributed by atoms with Crippen molar-refractivity contribution >= 4 is 0 Å². The molecular weight excluding hydrogens is 697 g/mol. The first-order valence-electron chi connectivity index (χ1n) is 21.3. The molecule has 0 radical (unpaired) electrons. The summed E-state index contributed by atoms with van der Waals surface area (Å²) < 4.78 is 0. The van der Waals surface area contributed by atoms with Crippen molar-refractivity contribution in [3.63, 3.8) is 0 Å². The lowest BCUT2D eigenvalue weighted by Crippen LogP contribution is -2.32. The van der Waals surface area contributed by atoms with Crippen LogP contribution in [-0.4, -0.2) is 15.3 Å². The van der Waals surface area contributed by atoms with Crippen LogP contribution >= 0.6 is 0 Å². The molecule has 0 amide bonds. The zero-order valence-corrected chi connectivity index (χ0v) is 39.9. The van der Waals surface area contributed by atoms with E-state index in [2.05, 4.69) is 151 Å². The van der Waals surface area contributed by atoms with Crippen LogP contribution < -0.4 is 0 Å². The summed E-state index contributed by atoms with van der Waals surface area (Å²) >= 11 is 0. The predicted molar refractivity (Wildman–Crippen MR) is 246 cm³/mol. The Bertz CT molecular complexity index is 2080. The monoisotopic (exact) mass is 775 g/mol. The highest BCUT2D eigenvalue weighted by atomic mass is 16.3. The molecule has 0 spiro atoms. The number of rotatable bonds is 6. The van der Waals surface area contributed by atoms with E-state index in [1.165, 1.54) is 61.2 Å². The SMILES string of the molecule is Cc1c(Cc2ccc(O)cc2)c(C)c(Cc2c(C(C)(C)C)c(C(C)(C)C)c(O)c(C(C)(C)C)c2C(C)(C)C)c(C)c1Cc1ccc(O)c(C(C)(C)C)c1C(C)(C)C. The molecule has 57 heavy (non-hydrogen) atoms. The van der Waals surface area contributed by atoms with Crippen LogP contribution in [0.3, 0.4) is 0 Å². The number of aromatic hydroxyl groups is 3. The summed E-state index contributed by atoms with van der Waals surface area (Å²) in [7, 11) is 0. The summed E-state index contributed by atoms with van der Waals surface area (Å²) in [5, 5.41) is 34.2. The van der Waals surface area contributed by atoms with Gasteiger partial charge in [-0.3, -0.25) is 0 Å². The minimum absolute atomic E-state index is 0.192. The molecule has 0 saturated carbocycles. The van der Waals surface area contributed by atoms with Gasteiger partial charge in [0.1, 0.15) is 17.2 Å². The highest BCUT2D eigenvalue weighted by Gasteiger charge is 2.41. The smallest absolute Gasteiger partial charge is 0.123 e. The Hall–Kier alpha value is -3.72. The maximum Gasteiger partial charge on any atom is 0.123 e. The third-order valence-electron chi connectivity index (χ3n) is 12.1. The molecule has 4 aromatic rings. The summed E-state index contributed by atoms with van der Waals surface area (Å²) in [4.78, 5) is 0. The number of phenolic OH excluding ortho intramolecular Hbond substituents is 3. The average molecular weight is 775 g/mol. The molecule has 3 N–H and O–H groups in total. The second kappa shape index (κ2) is 15.1. The van der Waals surface area contributed by atoms with Crippen molar-refractivity contribution in [1.29, 1.82) is 0 Å². The molecule has 0 fully saturated rings. The molecule has 0 atom stereocenters. The Morgan fingerprint density at radius 3 is 1.07 bits per heavy atom. The van der Waals surface area contributed by atoms with Gasteiger partial charge in [-0.2, -0.15) is 0 Å². The highest BCUT2D eigenvalue weighted by molar-refractivity contribution is 5.66. The van der Waals surface area contributed by atoms with E-state index < -0.39 is 0 Å². The minimum Gasteiger partial charge on any atom is -0.508 e. The van der Waals surface area contributed by atoms with E-state index in [4.69, 9.17) is 0 Å². The number of benzene rings is 4. The predicted octanol–water partition coefficient (Wildman–Crippen LogP) is 14.3.